The van der Waals surface area contributed by atoms with Gasteiger partial charge in [0, 0.05) is 10.1 Å². The van der Waals surface area contributed by atoms with Crippen LogP contribution in [0.15, 0.2) is 52.9 Å². The van der Waals surface area contributed by atoms with Crippen LogP contribution in [-0.2, 0) is 15.6 Å². The molecule has 0 fully saturated rings. The van der Waals surface area contributed by atoms with Gasteiger partial charge in [-0.05, 0) is 23.8 Å². The first-order chi connectivity index (χ1) is 13.8. The molecule has 4 rings (SSSR count). The second-order valence-corrected chi connectivity index (χ2v) is 10.5. The molecule has 2 aromatic carbocycles. The Kier molecular flexibility index (Phi) is 5.34. The quantitative estimate of drug-likeness (QED) is 0.427. The molecular formula is C18H11ClFN3O3S3. The summed E-state index contributed by atoms with van der Waals surface area (Å²) in [5, 5.41) is 11.1. The maximum atomic E-state index is 13.0. The van der Waals surface area contributed by atoms with Crippen molar-refractivity contribution in [2.45, 2.75) is 10.1 Å². The van der Waals surface area contributed by atoms with Gasteiger partial charge in [0.2, 0.25) is 19.3 Å². The summed E-state index contributed by atoms with van der Waals surface area (Å²) in [5.74, 6) is -1.29. The summed E-state index contributed by atoms with van der Waals surface area (Å²) in [5.41, 5.74) is 0.421. The van der Waals surface area contributed by atoms with E-state index in [-0.39, 0.29) is 15.2 Å². The van der Waals surface area contributed by atoms with E-state index in [2.05, 4.69) is 15.5 Å². The number of nitrogens with one attached hydrogen (secondary N) is 1. The predicted molar refractivity (Wildman–Crippen MR) is 112 cm³/mol. The molecule has 0 saturated carbocycles. The predicted octanol–water partition coefficient (Wildman–Crippen LogP) is 4.77. The maximum absolute atomic E-state index is 13.0. The number of nitrogens with zero attached hydrogens (tertiary/aromatic N) is 2. The zero-order chi connectivity index (χ0) is 20.6. The van der Waals surface area contributed by atoms with Crippen molar-refractivity contribution in [2.75, 3.05) is 5.32 Å². The Bertz CT molecular complexity index is 1320. The topological polar surface area (TPSA) is 89.0 Å². The van der Waals surface area contributed by atoms with E-state index < -0.39 is 21.6 Å². The third-order valence-electron chi connectivity index (χ3n) is 3.90. The lowest BCUT2D eigenvalue weighted by atomic mass is 10.2. The highest BCUT2D eigenvalue weighted by Crippen LogP contribution is 2.35. The molecule has 29 heavy (non-hydrogen) atoms. The third-order valence-corrected chi connectivity index (χ3v) is 8.55. The number of halogens is 2. The van der Waals surface area contributed by atoms with Crippen molar-refractivity contribution in [2.24, 2.45) is 0 Å². The molecule has 0 atom stereocenters. The van der Waals surface area contributed by atoms with Crippen molar-refractivity contribution in [3.63, 3.8) is 0 Å². The number of rotatable bonds is 5. The average Bonchev–Trinajstić information content (AvgIpc) is 3.29. The van der Waals surface area contributed by atoms with Crippen LogP contribution in [0.5, 0.6) is 0 Å². The minimum absolute atomic E-state index is 0.0428. The zero-order valence-corrected chi connectivity index (χ0v) is 17.6. The molecular weight excluding hydrogens is 457 g/mol. The highest BCUT2D eigenvalue weighted by atomic mass is 35.5. The van der Waals surface area contributed by atoms with Gasteiger partial charge in [-0.15, -0.1) is 21.5 Å². The highest BCUT2D eigenvalue weighted by molar-refractivity contribution is 7.92. The van der Waals surface area contributed by atoms with Crippen molar-refractivity contribution in [3.05, 3.63) is 69.8 Å². The Labute approximate surface area is 177 Å². The fourth-order valence-corrected chi connectivity index (χ4v) is 6.29. The minimum Gasteiger partial charge on any atom is -0.296 e. The fraction of sp³-hybridized carbons (Fsp3) is 0.0556. The van der Waals surface area contributed by atoms with E-state index in [1.807, 2.05) is 24.3 Å². The fourth-order valence-electron chi connectivity index (χ4n) is 2.56. The number of thiophene rings is 1. The second kappa shape index (κ2) is 7.79. The Hall–Kier alpha value is -2.40. The van der Waals surface area contributed by atoms with Crippen molar-refractivity contribution in [1.82, 2.24) is 10.2 Å². The van der Waals surface area contributed by atoms with E-state index in [0.717, 1.165) is 21.4 Å². The van der Waals surface area contributed by atoms with Gasteiger partial charge in [0.15, 0.2) is 0 Å². The molecule has 0 aliphatic rings. The van der Waals surface area contributed by atoms with Crippen LogP contribution in [0.1, 0.15) is 15.2 Å². The number of fused-ring (bicyclic) bond motifs is 1. The first-order valence-corrected chi connectivity index (χ1v) is 11.8. The molecule has 1 amide bonds. The largest absolute Gasteiger partial charge is 0.296 e. The molecule has 6 nitrogen and oxygen atoms in total. The molecule has 2 aromatic heterocycles. The minimum atomic E-state index is -3.79. The van der Waals surface area contributed by atoms with Crippen molar-refractivity contribution in [3.8, 4) is 0 Å². The molecule has 0 radical (unpaired) electrons. The number of amides is 1. The lowest BCUT2D eigenvalue weighted by molar-refractivity contribution is 0.103. The van der Waals surface area contributed by atoms with Gasteiger partial charge >= 0.3 is 0 Å². The van der Waals surface area contributed by atoms with Crippen molar-refractivity contribution < 1.29 is 17.6 Å². The summed E-state index contributed by atoms with van der Waals surface area (Å²) >= 11 is 8.27. The molecule has 0 unspecified atom stereocenters. The van der Waals surface area contributed by atoms with Gasteiger partial charge in [-0.1, -0.05) is 53.3 Å². The molecule has 0 aliphatic heterocycles. The SMILES string of the molecule is O=C(Nc1nnc(S(=O)(=O)Cc2ccc(F)cc2)s1)c1sc2ccccc2c1Cl. The summed E-state index contributed by atoms with van der Waals surface area (Å²) in [4.78, 5) is 12.9. The summed E-state index contributed by atoms with van der Waals surface area (Å²) in [6.07, 6.45) is 0. The number of sulfone groups is 1. The molecule has 4 aromatic rings. The smallest absolute Gasteiger partial charge is 0.269 e. The first-order valence-electron chi connectivity index (χ1n) is 8.12. The number of anilines is 1. The molecule has 0 bridgehead atoms. The van der Waals surface area contributed by atoms with Gasteiger partial charge in [0.25, 0.3) is 5.91 Å². The number of carbonyl (C=O) groups is 1. The van der Waals surface area contributed by atoms with E-state index in [0.29, 0.717) is 15.5 Å². The van der Waals surface area contributed by atoms with Crippen LogP contribution >= 0.6 is 34.3 Å². The van der Waals surface area contributed by atoms with Gasteiger partial charge in [0.05, 0.1) is 10.8 Å². The Morgan fingerprint density at radius 2 is 1.79 bits per heavy atom. The first kappa shape index (κ1) is 19.9. The van der Waals surface area contributed by atoms with Crippen LogP contribution in [0.3, 0.4) is 0 Å². The Morgan fingerprint density at radius 3 is 2.52 bits per heavy atom. The van der Waals surface area contributed by atoms with E-state index in [4.69, 9.17) is 11.6 Å². The van der Waals surface area contributed by atoms with Crippen LogP contribution in [-0.4, -0.2) is 24.5 Å². The van der Waals surface area contributed by atoms with Crippen molar-refractivity contribution in [1.29, 1.82) is 0 Å². The monoisotopic (exact) mass is 467 g/mol. The number of hydrogen-bond acceptors (Lipinski definition) is 7. The molecule has 0 aliphatic carbocycles. The Morgan fingerprint density at radius 1 is 1.07 bits per heavy atom. The van der Waals surface area contributed by atoms with E-state index >= 15 is 0 Å². The molecule has 2 heterocycles. The molecule has 148 valence electrons. The molecule has 0 saturated heterocycles. The second-order valence-electron chi connectivity index (χ2n) is 5.95. The van der Waals surface area contributed by atoms with Gasteiger partial charge in [-0.3, -0.25) is 10.1 Å². The average molecular weight is 468 g/mol. The maximum Gasteiger partial charge on any atom is 0.269 e. The Balaban J connectivity index is 1.53. The molecule has 1 N–H and O–H groups in total. The normalized spacial score (nSPS) is 11.7. The third kappa shape index (κ3) is 4.15. The van der Waals surface area contributed by atoms with E-state index in [1.165, 1.54) is 35.6 Å². The van der Waals surface area contributed by atoms with E-state index in [1.54, 1.807) is 0 Å². The number of benzene rings is 2. The number of aromatic nitrogens is 2. The van der Waals surface area contributed by atoms with Gasteiger partial charge in [-0.25, -0.2) is 12.8 Å². The zero-order valence-electron chi connectivity index (χ0n) is 14.4. The van der Waals surface area contributed by atoms with Gasteiger partial charge in [0.1, 0.15) is 10.7 Å². The number of hydrogen-bond donors (Lipinski definition) is 1. The summed E-state index contributed by atoms with van der Waals surface area (Å²) in [6.45, 7) is 0. The lowest BCUT2D eigenvalue weighted by Crippen LogP contribution is -2.10. The number of carbonyl (C=O) groups excluding carboxylic acids is 1. The molecule has 0 spiro atoms. The van der Waals surface area contributed by atoms with Gasteiger partial charge < -0.3 is 0 Å². The van der Waals surface area contributed by atoms with Crippen LogP contribution in [0.4, 0.5) is 9.52 Å². The lowest BCUT2D eigenvalue weighted by Gasteiger charge is -2.01. The van der Waals surface area contributed by atoms with Crippen LogP contribution in [0.25, 0.3) is 10.1 Å². The van der Waals surface area contributed by atoms with Crippen molar-refractivity contribution >= 4 is 65.2 Å². The van der Waals surface area contributed by atoms with Crippen LogP contribution in [0.2, 0.25) is 5.02 Å². The molecule has 11 heteroatoms. The standard InChI is InChI=1S/C18H11ClFN3O3S3/c19-14-12-3-1-2-4-13(12)27-15(14)16(24)21-17-22-23-18(28-17)29(25,26)9-10-5-7-11(20)8-6-10/h1-8H,9H2,(H,21,22,24). The summed E-state index contributed by atoms with van der Waals surface area (Å²) in [7, 11) is -3.79. The van der Waals surface area contributed by atoms with Gasteiger partial charge in [-0.2, -0.15) is 0 Å². The van der Waals surface area contributed by atoms with Crippen LogP contribution < -0.4 is 5.32 Å². The highest BCUT2D eigenvalue weighted by Gasteiger charge is 2.23. The summed E-state index contributed by atoms with van der Waals surface area (Å²) in [6, 6.07) is 12.5. The summed E-state index contributed by atoms with van der Waals surface area (Å²) < 4.78 is 38.6. The van der Waals surface area contributed by atoms with E-state index in [9.17, 15) is 17.6 Å². The van der Waals surface area contributed by atoms with Crippen LogP contribution in [0, 0.1) is 5.82 Å².